The number of piperidine rings is 1. The first-order valence-electron chi connectivity index (χ1n) is 6.28. The molecule has 2 rings (SSSR count). The summed E-state index contributed by atoms with van der Waals surface area (Å²) in [6, 6.07) is 10.2. The molecule has 0 unspecified atom stereocenters. The number of benzene rings is 1. The van der Waals surface area contributed by atoms with Gasteiger partial charge in [-0.3, -0.25) is 4.90 Å². The van der Waals surface area contributed by atoms with E-state index < -0.39 is 0 Å². The van der Waals surface area contributed by atoms with Gasteiger partial charge in [0, 0.05) is 16.9 Å². The number of halogens is 1. The lowest BCUT2D eigenvalue weighted by molar-refractivity contribution is 0.169. The van der Waals surface area contributed by atoms with Crippen molar-refractivity contribution in [2.24, 2.45) is 5.92 Å². The first-order valence-corrected chi connectivity index (χ1v) is 7.07. The monoisotopic (exact) mass is 308 g/mol. The number of likely N-dealkylation sites (tertiary alicyclic amines) is 1. The SMILES string of the molecule is N#CC1CCN(CCOc2cccc(Br)c2)CC1. The van der Waals surface area contributed by atoms with E-state index >= 15 is 0 Å². The van der Waals surface area contributed by atoms with E-state index in [2.05, 4.69) is 26.9 Å². The molecule has 0 spiro atoms. The summed E-state index contributed by atoms with van der Waals surface area (Å²) in [5, 5.41) is 8.83. The van der Waals surface area contributed by atoms with Crippen LogP contribution in [0.3, 0.4) is 0 Å². The maximum atomic E-state index is 8.83. The fraction of sp³-hybridized carbons (Fsp3) is 0.500. The number of nitrogens with zero attached hydrogens (tertiary/aromatic N) is 2. The van der Waals surface area contributed by atoms with Crippen LogP contribution < -0.4 is 4.74 Å². The fourth-order valence-corrected chi connectivity index (χ4v) is 2.51. The minimum absolute atomic E-state index is 0.257. The number of ether oxygens (including phenoxy) is 1. The number of hydrogen-bond donors (Lipinski definition) is 0. The van der Waals surface area contributed by atoms with E-state index in [4.69, 9.17) is 10.00 Å². The second kappa shape index (κ2) is 6.77. The zero-order chi connectivity index (χ0) is 12.8. The zero-order valence-corrected chi connectivity index (χ0v) is 11.9. The first kappa shape index (κ1) is 13.4. The van der Waals surface area contributed by atoms with Crippen molar-refractivity contribution in [3.8, 4) is 11.8 Å². The molecule has 3 nitrogen and oxygen atoms in total. The Balaban J connectivity index is 1.69. The molecule has 18 heavy (non-hydrogen) atoms. The highest BCUT2D eigenvalue weighted by Crippen LogP contribution is 2.18. The van der Waals surface area contributed by atoms with Crippen LogP contribution in [0.4, 0.5) is 0 Å². The van der Waals surface area contributed by atoms with Crippen LogP contribution in [0.2, 0.25) is 0 Å². The van der Waals surface area contributed by atoms with Crippen LogP contribution in [-0.2, 0) is 0 Å². The van der Waals surface area contributed by atoms with Crippen LogP contribution in [0.25, 0.3) is 0 Å². The molecule has 0 aliphatic carbocycles. The summed E-state index contributed by atoms with van der Waals surface area (Å²) in [6.07, 6.45) is 1.99. The third-order valence-electron chi connectivity index (χ3n) is 3.24. The average Bonchev–Trinajstić information content (AvgIpc) is 2.40. The second-order valence-electron chi connectivity index (χ2n) is 4.55. The maximum absolute atomic E-state index is 8.83. The van der Waals surface area contributed by atoms with Crippen molar-refractivity contribution in [2.45, 2.75) is 12.8 Å². The molecule has 1 aliphatic rings. The average molecular weight is 309 g/mol. The molecule has 96 valence electrons. The van der Waals surface area contributed by atoms with E-state index in [1.807, 2.05) is 24.3 Å². The summed E-state index contributed by atoms with van der Waals surface area (Å²) >= 11 is 3.42. The highest BCUT2D eigenvalue weighted by Gasteiger charge is 2.18. The van der Waals surface area contributed by atoms with Gasteiger partial charge in [-0.1, -0.05) is 22.0 Å². The molecule has 0 N–H and O–H groups in total. The highest BCUT2D eigenvalue weighted by molar-refractivity contribution is 9.10. The molecule has 0 atom stereocenters. The third kappa shape index (κ3) is 4.01. The lowest BCUT2D eigenvalue weighted by Gasteiger charge is -2.28. The predicted molar refractivity (Wildman–Crippen MR) is 74.4 cm³/mol. The molecule has 0 aromatic heterocycles. The smallest absolute Gasteiger partial charge is 0.120 e. The zero-order valence-electron chi connectivity index (χ0n) is 10.3. The lowest BCUT2D eigenvalue weighted by Crippen LogP contribution is -2.36. The van der Waals surface area contributed by atoms with Crippen molar-refractivity contribution in [2.75, 3.05) is 26.2 Å². The Kier molecular flexibility index (Phi) is 5.03. The van der Waals surface area contributed by atoms with E-state index in [-0.39, 0.29) is 5.92 Å². The highest BCUT2D eigenvalue weighted by atomic mass is 79.9. The minimum Gasteiger partial charge on any atom is -0.492 e. The Morgan fingerprint density at radius 3 is 2.83 bits per heavy atom. The quantitative estimate of drug-likeness (QED) is 0.857. The van der Waals surface area contributed by atoms with Gasteiger partial charge in [0.1, 0.15) is 12.4 Å². The van der Waals surface area contributed by atoms with E-state index in [0.717, 1.165) is 42.7 Å². The fourth-order valence-electron chi connectivity index (χ4n) is 2.14. The Morgan fingerprint density at radius 1 is 1.39 bits per heavy atom. The summed E-state index contributed by atoms with van der Waals surface area (Å²) < 4.78 is 6.74. The van der Waals surface area contributed by atoms with Gasteiger partial charge >= 0.3 is 0 Å². The number of rotatable bonds is 4. The molecule has 1 fully saturated rings. The molecule has 0 radical (unpaired) electrons. The van der Waals surface area contributed by atoms with Gasteiger partial charge in [-0.25, -0.2) is 0 Å². The van der Waals surface area contributed by atoms with Crippen LogP contribution >= 0.6 is 15.9 Å². The first-order chi connectivity index (χ1) is 8.78. The summed E-state index contributed by atoms with van der Waals surface area (Å²) in [6.45, 7) is 3.67. The van der Waals surface area contributed by atoms with Gasteiger partial charge in [0.25, 0.3) is 0 Å². The topological polar surface area (TPSA) is 36.3 Å². The van der Waals surface area contributed by atoms with Gasteiger partial charge in [-0.2, -0.15) is 5.26 Å². The molecule has 0 bridgehead atoms. The molecule has 1 saturated heterocycles. The molecule has 0 amide bonds. The van der Waals surface area contributed by atoms with Gasteiger partial charge in [-0.05, 0) is 44.1 Å². The summed E-state index contributed by atoms with van der Waals surface area (Å²) in [7, 11) is 0. The Bertz CT molecular complexity index is 422. The van der Waals surface area contributed by atoms with Crippen molar-refractivity contribution in [3.63, 3.8) is 0 Å². The molecule has 1 heterocycles. The van der Waals surface area contributed by atoms with E-state index in [1.165, 1.54) is 0 Å². The van der Waals surface area contributed by atoms with Gasteiger partial charge in [0.15, 0.2) is 0 Å². The lowest BCUT2D eigenvalue weighted by atomic mass is 9.99. The molecule has 1 aliphatic heterocycles. The maximum Gasteiger partial charge on any atom is 0.120 e. The van der Waals surface area contributed by atoms with Crippen LogP contribution in [-0.4, -0.2) is 31.1 Å². The minimum atomic E-state index is 0.257. The number of nitriles is 1. The Labute approximate surface area is 116 Å². The Morgan fingerprint density at radius 2 is 2.17 bits per heavy atom. The van der Waals surface area contributed by atoms with Gasteiger partial charge < -0.3 is 4.74 Å². The van der Waals surface area contributed by atoms with Crippen molar-refractivity contribution in [1.29, 1.82) is 5.26 Å². The summed E-state index contributed by atoms with van der Waals surface area (Å²) in [5.41, 5.74) is 0. The van der Waals surface area contributed by atoms with Crippen molar-refractivity contribution in [1.82, 2.24) is 4.90 Å². The number of hydrogen-bond acceptors (Lipinski definition) is 3. The van der Waals surface area contributed by atoms with Crippen LogP contribution in [0, 0.1) is 17.2 Å². The van der Waals surface area contributed by atoms with Crippen LogP contribution in [0.5, 0.6) is 5.75 Å². The van der Waals surface area contributed by atoms with E-state index in [0.29, 0.717) is 6.61 Å². The molecule has 1 aromatic rings. The van der Waals surface area contributed by atoms with E-state index in [9.17, 15) is 0 Å². The van der Waals surface area contributed by atoms with Crippen LogP contribution in [0.15, 0.2) is 28.7 Å². The van der Waals surface area contributed by atoms with Gasteiger partial charge in [0.2, 0.25) is 0 Å². The second-order valence-corrected chi connectivity index (χ2v) is 5.47. The molecule has 4 heteroatoms. The summed E-state index contributed by atoms with van der Waals surface area (Å²) in [4.78, 5) is 2.37. The largest absolute Gasteiger partial charge is 0.492 e. The standard InChI is InChI=1S/C14H17BrN2O/c15-13-2-1-3-14(10-13)18-9-8-17-6-4-12(11-16)5-7-17/h1-3,10,12H,4-9H2. The van der Waals surface area contributed by atoms with Crippen molar-refractivity contribution in [3.05, 3.63) is 28.7 Å². The normalized spacial score (nSPS) is 17.3. The molecular weight excluding hydrogens is 292 g/mol. The molecular formula is C14H17BrN2O. The predicted octanol–water partition coefficient (Wildman–Crippen LogP) is 3.06. The van der Waals surface area contributed by atoms with Crippen molar-refractivity contribution < 1.29 is 4.74 Å². The van der Waals surface area contributed by atoms with E-state index in [1.54, 1.807) is 0 Å². The summed E-state index contributed by atoms with van der Waals surface area (Å²) in [5.74, 6) is 1.16. The molecule has 1 aromatic carbocycles. The Hall–Kier alpha value is -1.05. The van der Waals surface area contributed by atoms with Gasteiger partial charge in [-0.15, -0.1) is 0 Å². The van der Waals surface area contributed by atoms with Crippen LogP contribution in [0.1, 0.15) is 12.8 Å². The molecule has 0 saturated carbocycles. The van der Waals surface area contributed by atoms with Gasteiger partial charge in [0.05, 0.1) is 6.07 Å². The third-order valence-corrected chi connectivity index (χ3v) is 3.74. The van der Waals surface area contributed by atoms with Crippen molar-refractivity contribution >= 4 is 15.9 Å².